The minimum atomic E-state index is -0.153. The SMILES string of the molecule is CC(C)Cn1nc(-c2ccccc2)c(CCO)c(CN)c1=O.Cl. The minimum absolute atomic E-state index is 0. The summed E-state index contributed by atoms with van der Waals surface area (Å²) in [5, 5.41) is 13.9. The third-order valence-corrected chi connectivity index (χ3v) is 3.51. The molecule has 2 aromatic rings. The lowest BCUT2D eigenvalue weighted by atomic mass is 9.99. The van der Waals surface area contributed by atoms with Crippen LogP contribution in [0.15, 0.2) is 35.1 Å². The molecule has 1 heterocycles. The third-order valence-electron chi connectivity index (χ3n) is 3.51. The molecule has 0 spiro atoms. The van der Waals surface area contributed by atoms with Crippen molar-refractivity contribution in [3.63, 3.8) is 0 Å². The number of aliphatic hydroxyl groups is 1. The highest BCUT2D eigenvalue weighted by Crippen LogP contribution is 2.23. The summed E-state index contributed by atoms with van der Waals surface area (Å²) in [6, 6.07) is 9.70. The first-order valence-corrected chi connectivity index (χ1v) is 7.57. The van der Waals surface area contributed by atoms with Crippen LogP contribution in [0.4, 0.5) is 0 Å². The smallest absolute Gasteiger partial charge is 0.271 e. The van der Waals surface area contributed by atoms with Crippen LogP contribution in [0.3, 0.4) is 0 Å². The lowest BCUT2D eigenvalue weighted by Crippen LogP contribution is -2.32. The molecule has 0 atom stereocenters. The Morgan fingerprint density at radius 1 is 1.22 bits per heavy atom. The van der Waals surface area contributed by atoms with Gasteiger partial charge in [-0.1, -0.05) is 44.2 Å². The van der Waals surface area contributed by atoms with Gasteiger partial charge in [0.25, 0.3) is 5.56 Å². The Balaban J connectivity index is 0.00000264. The van der Waals surface area contributed by atoms with Crippen molar-refractivity contribution in [2.45, 2.75) is 33.4 Å². The van der Waals surface area contributed by atoms with E-state index in [0.717, 1.165) is 16.8 Å². The second-order valence-corrected chi connectivity index (χ2v) is 5.73. The molecule has 0 aliphatic rings. The van der Waals surface area contributed by atoms with E-state index in [0.29, 0.717) is 24.4 Å². The van der Waals surface area contributed by atoms with Crippen LogP contribution in [-0.4, -0.2) is 21.5 Å². The van der Waals surface area contributed by atoms with E-state index in [2.05, 4.69) is 5.10 Å². The van der Waals surface area contributed by atoms with Crippen LogP contribution in [0.1, 0.15) is 25.0 Å². The number of aromatic nitrogens is 2. The van der Waals surface area contributed by atoms with E-state index < -0.39 is 0 Å². The largest absolute Gasteiger partial charge is 0.396 e. The van der Waals surface area contributed by atoms with Gasteiger partial charge in [0.15, 0.2) is 0 Å². The highest BCUT2D eigenvalue weighted by atomic mass is 35.5. The zero-order valence-corrected chi connectivity index (χ0v) is 14.3. The first-order chi connectivity index (χ1) is 10.6. The summed E-state index contributed by atoms with van der Waals surface area (Å²) < 4.78 is 1.50. The van der Waals surface area contributed by atoms with E-state index in [1.807, 2.05) is 44.2 Å². The molecule has 23 heavy (non-hydrogen) atoms. The Labute approximate surface area is 142 Å². The molecular formula is C17H24ClN3O2. The van der Waals surface area contributed by atoms with Gasteiger partial charge in [-0.15, -0.1) is 12.4 Å². The normalized spacial score (nSPS) is 10.7. The van der Waals surface area contributed by atoms with Gasteiger partial charge in [0.2, 0.25) is 0 Å². The number of benzene rings is 1. The van der Waals surface area contributed by atoms with Crippen molar-refractivity contribution in [1.82, 2.24) is 9.78 Å². The maximum Gasteiger partial charge on any atom is 0.271 e. The molecule has 0 aliphatic heterocycles. The average Bonchev–Trinajstić information content (AvgIpc) is 2.51. The molecule has 3 N–H and O–H groups in total. The molecule has 0 saturated heterocycles. The van der Waals surface area contributed by atoms with E-state index in [9.17, 15) is 9.90 Å². The second kappa shape index (κ2) is 8.82. The molecule has 0 fully saturated rings. The molecule has 126 valence electrons. The van der Waals surface area contributed by atoms with Crippen LogP contribution < -0.4 is 11.3 Å². The molecule has 0 bridgehead atoms. The van der Waals surface area contributed by atoms with Gasteiger partial charge >= 0.3 is 0 Å². The Hall–Kier alpha value is -1.69. The molecule has 0 radical (unpaired) electrons. The third kappa shape index (κ3) is 4.41. The van der Waals surface area contributed by atoms with Crippen molar-refractivity contribution in [2.24, 2.45) is 11.7 Å². The van der Waals surface area contributed by atoms with Crippen LogP contribution in [0.2, 0.25) is 0 Å². The van der Waals surface area contributed by atoms with Gasteiger partial charge in [0, 0.05) is 30.8 Å². The number of rotatable bonds is 6. The van der Waals surface area contributed by atoms with Gasteiger partial charge in [-0.2, -0.15) is 5.10 Å². The molecule has 0 saturated carbocycles. The maximum atomic E-state index is 12.6. The monoisotopic (exact) mass is 337 g/mol. The first kappa shape index (κ1) is 19.4. The summed E-state index contributed by atoms with van der Waals surface area (Å²) >= 11 is 0. The summed E-state index contributed by atoms with van der Waals surface area (Å²) in [5.41, 5.74) is 8.61. The first-order valence-electron chi connectivity index (χ1n) is 7.57. The van der Waals surface area contributed by atoms with E-state index in [-0.39, 0.29) is 31.1 Å². The number of hydrogen-bond donors (Lipinski definition) is 2. The van der Waals surface area contributed by atoms with Crippen molar-refractivity contribution in [2.75, 3.05) is 6.61 Å². The Bertz CT molecular complexity index is 684. The van der Waals surface area contributed by atoms with E-state index >= 15 is 0 Å². The average molecular weight is 338 g/mol. The fraction of sp³-hybridized carbons (Fsp3) is 0.412. The standard InChI is InChI=1S/C17H23N3O2.ClH/c1-12(2)11-20-17(22)15(10-18)14(8-9-21)16(19-20)13-6-4-3-5-7-13;/h3-7,12,21H,8-11,18H2,1-2H3;1H. The predicted molar refractivity (Wildman–Crippen MR) is 94.7 cm³/mol. The summed E-state index contributed by atoms with van der Waals surface area (Å²) in [6.45, 7) is 4.74. The zero-order chi connectivity index (χ0) is 16.1. The molecule has 1 aromatic carbocycles. The fourth-order valence-corrected chi connectivity index (χ4v) is 2.54. The fourth-order valence-electron chi connectivity index (χ4n) is 2.54. The number of nitrogens with two attached hydrogens (primary N) is 1. The Morgan fingerprint density at radius 2 is 1.87 bits per heavy atom. The lowest BCUT2D eigenvalue weighted by molar-refractivity contribution is 0.299. The molecule has 2 rings (SSSR count). The summed E-state index contributed by atoms with van der Waals surface area (Å²) in [5.74, 6) is 0.308. The summed E-state index contributed by atoms with van der Waals surface area (Å²) in [7, 11) is 0. The zero-order valence-electron chi connectivity index (χ0n) is 13.5. The second-order valence-electron chi connectivity index (χ2n) is 5.73. The predicted octanol–water partition coefficient (Wildman–Crippen LogP) is 1.98. The van der Waals surface area contributed by atoms with Crippen molar-refractivity contribution in [1.29, 1.82) is 0 Å². The van der Waals surface area contributed by atoms with E-state index in [1.54, 1.807) is 0 Å². The van der Waals surface area contributed by atoms with Gasteiger partial charge in [-0.25, -0.2) is 4.68 Å². The molecule has 1 aromatic heterocycles. The number of aliphatic hydroxyl groups excluding tert-OH is 1. The van der Waals surface area contributed by atoms with Crippen LogP contribution in [0.25, 0.3) is 11.3 Å². The van der Waals surface area contributed by atoms with Gasteiger partial charge in [-0.3, -0.25) is 4.79 Å². The molecule has 6 heteroatoms. The van der Waals surface area contributed by atoms with Crippen molar-refractivity contribution in [3.8, 4) is 11.3 Å². The molecule has 0 unspecified atom stereocenters. The number of nitrogens with zero attached hydrogens (tertiary/aromatic N) is 2. The summed E-state index contributed by atoms with van der Waals surface area (Å²) in [6.07, 6.45) is 0.377. The quantitative estimate of drug-likeness (QED) is 0.844. The van der Waals surface area contributed by atoms with Crippen LogP contribution in [0, 0.1) is 5.92 Å². The van der Waals surface area contributed by atoms with Gasteiger partial charge < -0.3 is 10.8 Å². The molecule has 0 amide bonds. The number of hydrogen-bond acceptors (Lipinski definition) is 4. The van der Waals surface area contributed by atoms with Crippen molar-refractivity contribution < 1.29 is 5.11 Å². The Morgan fingerprint density at radius 3 is 2.39 bits per heavy atom. The van der Waals surface area contributed by atoms with Crippen molar-refractivity contribution in [3.05, 3.63) is 51.8 Å². The molecular weight excluding hydrogens is 314 g/mol. The van der Waals surface area contributed by atoms with Crippen LogP contribution >= 0.6 is 12.4 Å². The van der Waals surface area contributed by atoms with Gasteiger partial charge in [0.1, 0.15) is 0 Å². The van der Waals surface area contributed by atoms with E-state index in [4.69, 9.17) is 5.73 Å². The number of halogens is 1. The molecule has 0 aliphatic carbocycles. The van der Waals surface area contributed by atoms with Crippen molar-refractivity contribution >= 4 is 12.4 Å². The minimum Gasteiger partial charge on any atom is -0.396 e. The van der Waals surface area contributed by atoms with Gasteiger partial charge in [0.05, 0.1) is 5.69 Å². The maximum absolute atomic E-state index is 12.6. The highest BCUT2D eigenvalue weighted by molar-refractivity contribution is 5.85. The topological polar surface area (TPSA) is 81.1 Å². The highest BCUT2D eigenvalue weighted by Gasteiger charge is 2.17. The molecule has 5 nitrogen and oxygen atoms in total. The van der Waals surface area contributed by atoms with Crippen LogP contribution in [-0.2, 0) is 19.5 Å². The lowest BCUT2D eigenvalue weighted by Gasteiger charge is -2.16. The summed E-state index contributed by atoms with van der Waals surface area (Å²) in [4.78, 5) is 12.6. The van der Waals surface area contributed by atoms with Crippen LogP contribution in [0.5, 0.6) is 0 Å². The van der Waals surface area contributed by atoms with Gasteiger partial charge in [-0.05, 0) is 17.9 Å². The van der Waals surface area contributed by atoms with E-state index in [1.165, 1.54) is 4.68 Å². The Kier molecular flexibility index (Phi) is 7.42.